The lowest BCUT2D eigenvalue weighted by Gasteiger charge is -2.37. The van der Waals surface area contributed by atoms with Crippen molar-refractivity contribution in [3.63, 3.8) is 0 Å². The molecule has 1 spiro atoms. The summed E-state index contributed by atoms with van der Waals surface area (Å²) in [5.41, 5.74) is 3.10. The first-order chi connectivity index (χ1) is 14.8. The number of hydrogen-bond acceptors (Lipinski definition) is 3. The van der Waals surface area contributed by atoms with Crippen LogP contribution < -0.4 is 5.32 Å². The number of halogens is 1. The molecule has 2 aliphatic rings. The Balaban J connectivity index is 1.40. The van der Waals surface area contributed by atoms with E-state index in [1.165, 1.54) is 4.90 Å². The molecule has 4 rings (SSSR count). The molecule has 2 fully saturated rings. The number of nitrogens with zero attached hydrogens (tertiary/aromatic N) is 2. The number of likely N-dealkylation sites (tertiary alicyclic amines) is 1. The zero-order valence-electron chi connectivity index (χ0n) is 17.8. The zero-order chi connectivity index (χ0) is 22.2. The topological polar surface area (TPSA) is 69.7 Å². The maximum atomic E-state index is 13.2. The molecule has 6 nitrogen and oxygen atoms in total. The van der Waals surface area contributed by atoms with E-state index < -0.39 is 5.54 Å². The summed E-state index contributed by atoms with van der Waals surface area (Å²) >= 11 is 5.90. The minimum absolute atomic E-state index is 0.0150. The zero-order valence-corrected chi connectivity index (χ0v) is 18.5. The maximum Gasteiger partial charge on any atom is 0.325 e. The van der Waals surface area contributed by atoms with Crippen molar-refractivity contribution in [1.82, 2.24) is 15.1 Å². The van der Waals surface area contributed by atoms with E-state index in [1.54, 1.807) is 17.0 Å². The second kappa shape index (κ2) is 8.35. The Labute approximate surface area is 187 Å². The van der Waals surface area contributed by atoms with E-state index in [-0.39, 0.29) is 24.4 Å². The van der Waals surface area contributed by atoms with Crippen LogP contribution in [0.4, 0.5) is 4.79 Å². The first-order valence-corrected chi connectivity index (χ1v) is 10.9. The molecule has 7 heteroatoms. The molecule has 2 aromatic rings. The number of piperidine rings is 1. The van der Waals surface area contributed by atoms with Crippen LogP contribution >= 0.6 is 11.6 Å². The molecule has 0 aliphatic carbocycles. The molecule has 2 aromatic carbocycles. The Morgan fingerprint density at radius 1 is 1.06 bits per heavy atom. The summed E-state index contributed by atoms with van der Waals surface area (Å²) in [6.07, 6.45) is 1.14. The van der Waals surface area contributed by atoms with Crippen LogP contribution in [0.15, 0.2) is 42.5 Å². The van der Waals surface area contributed by atoms with Gasteiger partial charge in [-0.05, 0) is 55.5 Å². The van der Waals surface area contributed by atoms with Crippen LogP contribution in [0.25, 0.3) is 0 Å². The fraction of sp³-hybridized carbons (Fsp3) is 0.375. The third-order valence-electron chi connectivity index (χ3n) is 6.32. The molecule has 2 heterocycles. The Hall–Kier alpha value is -2.86. The summed E-state index contributed by atoms with van der Waals surface area (Å²) in [7, 11) is 0. The summed E-state index contributed by atoms with van der Waals surface area (Å²) in [5, 5.41) is 3.56. The summed E-state index contributed by atoms with van der Waals surface area (Å²) in [4.78, 5) is 41.6. The molecule has 1 N–H and O–H groups in total. The van der Waals surface area contributed by atoms with Gasteiger partial charge in [0.15, 0.2) is 0 Å². The van der Waals surface area contributed by atoms with E-state index in [2.05, 4.69) is 5.32 Å². The highest BCUT2D eigenvalue weighted by Gasteiger charge is 2.52. The predicted octanol–water partition coefficient (Wildman–Crippen LogP) is 3.61. The van der Waals surface area contributed by atoms with Gasteiger partial charge in [-0.15, -0.1) is 0 Å². The Morgan fingerprint density at radius 2 is 1.74 bits per heavy atom. The number of benzene rings is 2. The molecule has 4 amide bonds. The van der Waals surface area contributed by atoms with Crippen LogP contribution in [0.5, 0.6) is 0 Å². The Kier molecular flexibility index (Phi) is 5.75. The van der Waals surface area contributed by atoms with Gasteiger partial charge in [0.1, 0.15) is 5.54 Å². The molecule has 0 aromatic heterocycles. The smallest absolute Gasteiger partial charge is 0.325 e. The number of aryl methyl sites for hydroxylation is 2. The van der Waals surface area contributed by atoms with Gasteiger partial charge >= 0.3 is 6.03 Å². The monoisotopic (exact) mass is 439 g/mol. The standard InChI is InChI=1S/C24H26ClN3O3/c1-16-3-4-17(2)19(13-16)15-28-22(30)24(26-23(28)31)9-11-27(12-10-24)21(29)14-18-5-7-20(25)8-6-18/h3-8,13H,9-12,14-15H2,1-2H3,(H,26,31). The molecule has 0 saturated carbocycles. The molecule has 31 heavy (non-hydrogen) atoms. The van der Waals surface area contributed by atoms with Gasteiger partial charge < -0.3 is 10.2 Å². The van der Waals surface area contributed by atoms with E-state index in [1.807, 2.05) is 44.2 Å². The van der Waals surface area contributed by atoms with Gasteiger partial charge in [0.05, 0.1) is 13.0 Å². The van der Waals surface area contributed by atoms with Gasteiger partial charge in [-0.2, -0.15) is 0 Å². The highest BCUT2D eigenvalue weighted by Crippen LogP contribution is 2.31. The van der Waals surface area contributed by atoms with Crippen molar-refractivity contribution in [3.05, 3.63) is 69.7 Å². The lowest BCUT2D eigenvalue weighted by molar-refractivity contribution is -0.138. The van der Waals surface area contributed by atoms with Crippen LogP contribution in [0.2, 0.25) is 5.02 Å². The molecule has 2 saturated heterocycles. The second-order valence-electron chi connectivity index (χ2n) is 8.52. The number of rotatable bonds is 4. The van der Waals surface area contributed by atoms with Gasteiger partial charge in [0.2, 0.25) is 5.91 Å². The quantitative estimate of drug-likeness (QED) is 0.740. The molecule has 0 atom stereocenters. The Morgan fingerprint density at radius 3 is 2.42 bits per heavy atom. The molecule has 2 aliphatic heterocycles. The number of nitrogens with one attached hydrogen (secondary N) is 1. The highest BCUT2D eigenvalue weighted by atomic mass is 35.5. The van der Waals surface area contributed by atoms with Crippen molar-refractivity contribution in [2.75, 3.05) is 13.1 Å². The Bertz CT molecular complexity index is 1030. The normalized spacial score (nSPS) is 17.9. The maximum absolute atomic E-state index is 13.2. The fourth-order valence-electron chi connectivity index (χ4n) is 4.33. The summed E-state index contributed by atoms with van der Waals surface area (Å²) in [6, 6.07) is 12.9. The molecule has 162 valence electrons. The number of amides is 4. The minimum atomic E-state index is -0.911. The third-order valence-corrected chi connectivity index (χ3v) is 6.57. The average molecular weight is 440 g/mol. The van der Waals surface area contributed by atoms with Crippen LogP contribution in [0.3, 0.4) is 0 Å². The number of carbonyl (C=O) groups is 3. The number of hydrogen-bond donors (Lipinski definition) is 1. The molecule has 0 unspecified atom stereocenters. The van der Waals surface area contributed by atoms with Crippen molar-refractivity contribution in [1.29, 1.82) is 0 Å². The van der Waals surface area contributed by atoms with Crippen molar-refractivity contribution < 1.29 is 14.4 Å². The van der Waals surface area contributed by atoms with Gasteiger partial charge in [-0.25, -0.2) is 4.79 Å². The van der Waals surface area contributed by atoms with Crippen LogP contribution in [0, 0.1) is 13.8 Å². The van der Waals surface area contributed by atoms with Crippen LogP contribution in [0.1, 0.15) is 35.1 Å². The van der Waals surface area contributed by atoms with Gasteiger partial charge in [-0.3, -0.25) is 14.5 Å². The van der Waals surface area contributed by atoms with E-state index in [0.29, 0.717) is 37.4 Å². The first-order valence-electron chi connectivity index (χ1n) is 10.5. The largest absolute Gasteiger partial charge is 0.342 e. The average Bonchev–Trinajstić information content (AvgIpc) is 2.97. The number of urea groups is 1. The van der Waals surface area contributed by atoms with E-state index in [0.717, 1.165) is 22.3 Å². The summed E-state index contributed by atoms with van der Waals surface area (Å²) < 4.78 is 0. The van der Waals surface area contributed by atoms with Crippen molar-refractivity contribution >= 4 is 29.4 Å². The minimum Gasteiger partial charge on any atom is -0.342 e. The molecular formula is C24H26ClN3O3. The highest BCUT2D eigenvalue weighted by molar-refractivity contribution is 6.30. The van der Waals surface area contributed by atoms with Crippen molar-refractivity contribution in [3.8, 4) is 0 Å². The molecule has 0 radical (unpaired) electrons. The van der Waals surface area contributed by atoms with Crippen LogP contribution in [-0.4, -0.2) is 46.3 Å². The lowest BCUT2D eigenvalue weighted by atomic mass is 9.87. The summed E-state index contributed by atoms with van der Waals surface area (Å²) in [6.45, 7) is 5.12. The SMILES string of the molecule is Cc1ccc(C)c(CN2C(=O)NC3(CCN(C(=O)Cc4ccc(Cl)cc4)CC3)C2=O)c1. The fourth-order valence-corrected chi connectivity index (χ4v) is 4.45. The van der Waals surface area contributed by atoms with Gasteiger partial charge in [-0.1, -0.05) is 47.5 Å². The van der Waals surface area contributed by atoms with Crippen LogP contribution in [-0.2, 0) is 22.6 Å². The van der Waals surface area contributed by atoms with Crippen molar-refractivity contribution in [2.45, 2.75) is 45.2 Å². The number of carbonyl (C=O) groups excluding carboxylic acids is 3. The van der Waals surface area contributed by atoms with Gasteiger partial charge in [0, 0.05) is 18.1 Å². The first kappa shape index (κ1) is 21.4. The second-order valence-corrected chi connectivity index (χ2v) is 8.95. The third kappa shape index (κ3) is 4.30. The van der Waals surface area contributed by atoms with Gasteiger partial charge in [0.25, 0.3) is 5.91 Å². The molecular weight excluding hydrogens is 414 g/mol. The summed E-state index contributed by atoms with van der Waals surface area (Å²) in [5.74, 6) is -0.176. The lowest BCUT2D eigenvalue weighted by Crippen LogP contribution is -2.56. The van der Waals surface area contributed by atoms with E-state index in [4.69, 9.17) is 11.6 Å². The molecule has 0 bridgehead atoms. The number of imide groups is 1. The van der Waals surface area contributed by atoms with E-state index in [9.17, 15) is 14.4 Å². The predicted molar refractivity (Wildman–Crippen MR) is 119 cm³/mol. The van der Waals surface area contributed by atoms with E-state index >= 15 is 0 Å². The van der Waals surface area contributed by atoms with Crippen molar-refractivity contribution in [2.24, 2.45) is 0 Å².